The molecule has 0 saturated heterocycles. The van der Waals surface area contributed by atoms with Crippen molar-refractivity contribution in [3.8, 4) is 0 Å². The molecule has 0 aromatic rings. The largest absolute Gasteiger partial charge is 0.449 e. The molecule has 0 radical (unpaired) electrons. The van der Waals surface area contributed by atoms with Crippen molar-refractivity contribution in [3.05, 3.63) is 11.6 Å². The van der Waals surface area contributed by atoms with Crippen LogP contribution in [-0.4, -0.2) is 56.1 Å². The van der Waals surface area contributed by atoms with E-state index in [1.54, 1.807) is 28.2 Å². The Bertz CT molecular complexity index is 585. The van der Waals surface area contributed by atoms with E-state index in [1.165, 1.54) is 38.5 Å². The molecule has 0 aromatic carbocycles. The highest BCUT2D eigenvalue weighted by Crippen LogP contribution is 2.55. The first kappa shape index (κ1) is 22.8. The third-order valence-corrected chi connectivity index (χ3v) is 6.76. The van der Waals surface area contributed by atoms with Gasteiger partial charge in [0.25, 0.3) is 3.91 Å². The van der Waals surface area contributed by atoms with Crippen LogP contribution < -0.4 is 10.6 Å². The molecule has 2 N–H and O–H groups in total. The van der Waals surface area contributed by atoms with Crippen LogP contribution in [0.15, 0.2) is 11.6 Å². The minimum absolute atomic E-state index is 0.0909. The van der Waals surface area contributed by atoms with Gasteiger partial charge in [0.1, 0.15) is 0 Å². The highest BCUT2D eigenvalue weighted by molar-refractivity contribution is 14.1. The quantitative estimate of drug-likeness (QED) is 0.143. The van der Waals surface area contributed by atoms with Crippen molar-refractivity contribution >= 4 is 32.6 Å². The monoisotopic (exact) mass is 520 g/mol. The Morgan fingerprint density at radius 1 is 0.966 bits per heavy atom. The van der Waals surface area contributed by atoms with Crippen molar-refractivity contribution in [2.24, 2.45) is 23.7 Å². The summed E-state index contributed by atoms with van der Waals surface area (Å²) in [5.74, 6) is 2.91. The number of halogens is 1. The van der Waals surface area contributed by atoms with Crippen molar-refractivity contribution in [1.29, 1.82) is 0 Å². The molecule has 0 heterocycles. The van der Waals surface area contributed by atoms with E-state index in [9.17, 15) is 9.59 Å². The number of fused-ring (bicyclic) bond motifs is 2. The van der Waals surface area contributed by atoms with E-state index < -0.39 is 0 Å². The number of rotatable bonds is 11. The van der Waals surface area contributed by atoms with Crippen LogP contribution in [-0.2, 0) is 14.2 Å². The van der Waals surface area contributed by atoms with E-state index in [0.29, 0.717) is 52.0 Å². The molecule has 164 valence electrons. The molecule has 0 spiro atoms. The fourth-order valence-corrected chi connectivity index (χ4v) is 5.07. The van der Waals surface area contributed by atoms with Gasteiger partial charge >= 0.3 is 6.09 Å². The molecule has 4 unspecified atom stereocenters. The van der Waals surface area contributed by atoms with Crippen molar-refractivity contribution in [1.82, 2.24) is 10.6 Å². The second-order valence-corrected chi connectivity index (χ2v) is 9.09. The minimum Gasteiger partial charge on any atom is -0.449 e. The molecule has 7 nitrogen and oxygen atoms in total. The topological polar surface area (TPSA) is 85.9 Å². The van der Waals surface area contributed by atoms with Gasteiger partial charge in [-0.25, -0.2) is 4.79 Å². The van der Waals surface area contributed by atoms with Gasteiger partial charge in [-0.2, -0.15) is 0 Å². The average molecular weight is 520 g/mol. The Labute approximate surface area is 186 Å². The molecule has 2 amide bonds. The molecule has 0 bridgehead atoms. The molecule has 0 aromatic heterocycles. The Kier molecular flexibility index (Phi) is 9.51. The predicted octanol–water partition coefficient (Wildman–Crippen LogP) is 3.66. The fraction of sp³-hybridized carbons (Fsp3) is 0.810. The van der Waals surface area contributed by atoms with E-state index in [4.69, 9.17) is 14.2 Å². The second kappa shape index (κ2) is 12.1. The SMILES string of the molecule is O=C(I)NCCOCCOCCNC(=O)OCC1C2CCC3=CCCC3CCC21. The van der Waals surface area contributed by atoms with Crippen LogP contribution in [0.5, 0.6) is 0 Å². The third kappa shape index (κ3) is 7.71. The third-order valence-electron chi connectivity index (χ3n) is 6.37. The Balaban J connectivity index is 1.16. The van der Waals surface area contributed by atoms with E-state index in [0.717, 1.165) is 17.8 Å². The normalized spacial score (nSPS) is 27.7. The molecular weight excluding hydrogens is 487 g/mol. The molecule has 3 aliphatic rings. The lowest BCUT2D eigenvalue weighted by Gasteiger charge is -2.17. The number of carbonyl (C=O) groups excluding carboxylic acids is 2. The first-order valence-electron chi connectivity index (χ1n) is 10.8. The molecule has 8 heteroatoms. The summed E-state index contributed by atoms with van der Waals surface area (Å²) in [6.45, 7) is 3.28. The van der Waals surface area contributed by atoms with Gasteiger partial charge < -0.3 is 24.8 Å². The van der Waals surface area contributed by atoms with Crippen LogP contribution in [0, 0.1) is 23.7 Å². The zero-order chi connectivity index (χ0) is 20.5. The lowest BCUT2D eigenvalue weighted by Crippen LogP contribution is -2.29. The number of carbonyl (C=O) groups is 2. The second-order valence-electron chi connectivity index (χ2n) is 8.11. The van der Waals surface area contributed by atoms with Gasteiger partial charge in [-0.05, 0) is 62.2 Å². The number of hydrogen-bond donors (Lipinski definition) is 2. The summed E-state index contributed by atoms with van der Waals surface area (Å²) < 4.78 is 16.1. The number of nitrogens with one attached hydrogen (secondary N) is 2. The predicted molar refractivity (Wildman–Crippen MR) is 118 cm³/mol. The smallest absolute Gasteiger partial charge is 0.407 e. The summed E-state index contributed by atoms with van der Waals surface area (Å²) in [6.07, 6.45) is 9.88. The number of allylic oxidation sites excluding steroid dienone is 2. The van der Waals surface area contributed by atoms with Crippen LogP contribution in [0.1, 0.15) is 38.5 Å². The van der Waals surface area contributed by atoms with Crippen molar-refractivity contribution in [2.45, 2.75) is 38.5 Å². The maximum Gasteiger partial charge on any atom is 0.407 e. The molecule has 0 aliphatic heterocycles. The average Bonchev–Trinajstić information content (AvgIpc) is 3.14. The van der Waals surface area contributed by atoms with E-state index in [2.05, 4.69) is 16.7 Å². The van der Waals surface area contributed by atoms with Crippen molar-refractivity contribution in [2.75, 3.05) is 46.1 Å². The molecule has 2 saturated carbocycles. The lowest BCUT2D eigenvalue weighted by atomic mass is 9.88. The van der Waals surface area contributed by atoms with Crippen LogP contribution in [0.2, 0.25) is 0 Å². The van der Waals surface area contributed by atoms with Crippen molar-refractivity contribution in [3.63, 3.8) is 0 Å². The van der Waals surface area contributed by atoms with Crippen LogP contribution in [0.3, 0.4) is 0 Å². The molecule has 3 aliphatic carbocycles. The maximum absolute atomic E-state index is 11.9. The van der Waals surface area contributed by atoms with Gasteiger partial charge in [0.15, 0.2) is 0 Å². The first-order chi connectivity index (χ1) is 14.1. The Morgan fingerprint density at radius 3 is 2.45 bits per heavy atom. The molecule has 3 rings (SSSR count). The molecular formula is C21H33IN2O5. The van der Waals surface area contributed by atoms with E-state index in [-0.39, 0.29) is 10.0 Å². The van der Waals surface area contributed by atoms with E-state index >= 15 is 0 Å². The summed E-state index contributed by atoms with van der Waals surface area (Å²) in [5.41, 5.74) is 1.70. The molecule has 2 fully saturated rings. The van der Waals surface area contributed by atoms with Gasteiger partial charge in [0, 0.05) is 35.7 Å². The highest BCUT2D eigenvalue weighted by atomic mass is 127. The van der Waals surface area contributed by atoms with Crippen molar-refractivity contribution < 1.29 is 23.8 Å². The molecule has 4 atom stereocenters. The van der Waals surface area contributed by atoms with Gasteiger partial charge in [0.2, 0.25) is 0 Å². The number of amides is 2. The Morgan fingerprint density at radius 2 is 1.69 bits per heavy atom. The number of ether oxygens (including phenoxy) is 3. The maximum atomic E-state index is 11.9. The summed E-state index contributed by atoms with van der Waals surface area (Å²) in [7, 11) is 0. The van der Waals surface area contributed by atoms with Gasteiger partial charge in [-0.3, -0.25) is 4.79 Å². The lowest BCUT2D eigenvalue weighted by molar-refractivity contribution is 0.0499. The minimum atomic E-state index is -0.349. The van der Waals surface area contributed by atoms with Gasteiger partial charge in [0.05, 0.1) is 33.0 Å². The summed E-state index contributed by atoms with van der Waals surface area (Å²) in [5, 5.41) is 5.39. The zero-order valence-corrected chi connectivity index (χ0v) is 19.2. The number of alkyl carbamates (subject to hydrolysis) is 1. The van der Waals surface area contributed by atoms with Crippen LogP contribution in [0.4, 0.5) is 9.59 Å². The summed E-state index contributed by atoms with van der Waals surface area (Å²) >= 11 is 1.68. The molecule has 29 heavy (non-hydrogen) atoms. The van der Waals surface area contributed by atoms with Crippen LogP contribution in [0.25, 0.3) is 0 Å². The van der Waals surface area contributed by atoms with Gasteiger partial charge in [-0.1, -0.05) is 11.6 Å². The summed E-state index contributed by atoms with van der Waals surface area (Å²) in [4.78, 5) is 22.6. The number of hydrogen-bond acceptors (Lipinski definition) is 5. The van der Waals surface area contributed by atoms with E-state index in [1.807, 2.05) is 0 Å². The standard InChI is InChI=1S/C21H33IN2O5/c22-20(25)23-8-10-27-12-13-28-11-9-24-21(26)29-14-19-17-6-4-15-2-1-3-16(15)5-7-18(17)19/h2,16-19H,1,3-14H2,(H,23,25)(H,24,26). The zero-order valence-electron chi connectivity index (χ0n) is 17.0. The van der Waals surface area contributed by atoms with Crippen LogP contribution >= 0.6 is 22.6 Å². The first-order valence-corrected chi connectivity index (χ1v) is 11.9. The fourth-order valence-electron chi connectivity index (χ4n) is 4.80. The van der Waals surface area contributed by atoms with Gasteiger partial charge in [-0.15, -0.1) is 0 Å². The Hall–Kier alpha value is -0.870. The highest BCUT2D eigenvalue weighted by Gasteiger charge is 2.50. The summed E-state index contributed by atoms with van der Waals surface area (Å²) in [6, 6.07) is 0.